The maximum absolute atomic E-state index is 12.5. The fourth-order valence-corrected chi connectivity index (χ4v) is 3.67. The molecule has 6 nitrogen and oxygen atoms in total. The molecular weight excluding hydrogens is 334 g/mol. The maximum Gasteiger partial charge on any atom is 0.329 e. The van der Waals surface area contributed by atoms with Gasteiger partial charge in [0.1, 0.15) is 11.3 Å². The van der Waals surface area contributed by atoms with Gasteiger partial charge in [-0.3, -0.25) is 4.79 Å². The van der Waals surface area contributed by atoms with Gasteiger partial charge in [0.2, 0.25) is 0 Å². The number of carboxylic acids is 1. The van der Waals surface area contributed by atoms with Crippen molar-refractivity contribution in [2.24, 2.45) is 5.92 Å². The van der Waals surface area contributed by atoms with Gasteiger partial charge in [0.05, 0.1) is 6.61 Å². The number of aliphatic carboxylic acids is 1. The van der Waals surface area contributed by atoms with Gasteiger partial charge in [0.15, 0.2) is 0 Å². The highest BCUT2D eigenvalue weighted by Gasteiger charge is 2.41. The van der Waals surface area contributed by atoms with E-state index in [0.29, 0.717) is 31.3 Å². The predicted octanol–water partition coefficient (Wildman–Crippen LogP) is 3.01. The predicted molar refractivity (Wildman–Crippen MR) is 96.4 cm³/mol. The van der Waals surface area contributed by atoms with Crippen molar-refractivity contribution in [3.63, 3.8) is 0 Å². The number of amides is 1. The summed E-state index contributed by atoms with van der Waals surface area (Å²) in [4.78, 5) is 24.1. The third-order valence-electron chi connectivity index (χ3n) is 5.44. The number of ether oxygens (including phenoxy) is 2. The first-order valence-electron chi connectivity index (χ1n) is 9.46. The van der Waals surface area contributed by atoms with Crippen molar-refractivity contribution < 1.29 is 24.2 Å². The highest BCUT2D eigenvalue weighted by Crippen LogP contribution is 2.25. The van der Waals surface area contributed by atoms with E-state index in [4.69, 9.17) is 9.47 Å². The summed E-state index contributed by atoms with van der Waals surface area (Å²) in [6.07, 6.45) is 6.88. The van der Waals surface area contributed by atoms with Gasteiger partial charge in [-0.15, -0.1) is 0 Å². The van der Waals surface area contributed by atoms with E-state index in [1.54, 1.807) is 24.3 Å². The molecule has 1 aromatic rings. The Bertz CT molecular complexity index is 616. The Balaban J connectivity index is 1.56. The molecule has 0 radical (unpaired) electrons. The molecule has 0 bridgehead atoms. The van der Waals surface area contributed by atoms with Crippen LogP contribution < -0.4 is 10.1 Å². The SMILES string of the molecule is O=C(NC1(C(=O)O)CCOCC1)c1ccc(OCC2CCCCC2)cc1. The molecule has 0 aromatic heterocycles. The van der Waals surface area contributed by atoms with Crippen molar-refractivity contribution in [2.75, 3.05) is 19.8 Å². The van der Waals surface area contributed by atoms with E-state index in [-0.39, 0.29) is 18.7 Å². The molecule has 3 rings (SSSR count). The van der Waals surface area contributed by atoms with E-state index in [1.165, 1.54) is 32.1 Å². The minimum absolute atomic E-state index is 0.274. The van der Waals surface area contributed by atoms with Crippen LogP contribution in [0.1, 0.15) is 55.3 Å². The molecule has 6 heteroatoms. The second kappa shape index (κ2) is 8.54. The Kier molecular flexibility index (Phi) is 6.14. The Hall–Kier alpha value is -2.08. The van der Waals surface area contributed by atoms with Gasteiger partial charge in [-0.2, -0.15) is 0 Å². The lowest BCUT2D eigenvalue weighted by Gasteiger charge is -2.33. The van der Waals surface area contributed by atoms with E-state index in [9.17, 15) is 14.7 Å². The van der Waals surface area contributed by atoms with Gasteiger partial charge in [-0.05, 0) is 43.0 Å². The van der Waals surface area contributed by atoms with E-state index < -0.39 is 11.5 Å². The topological polar surface area (TPSA) is 84.9 Å². The molecule has 1 saturated carbocycles. The van der Waals surface area contributed by atoms with Crippen LogP contribution in [0.3, 0.4) is 0 Å². The molecule has 1 aliphatic heterocycles. The molecule has 1 saturated heterocycles. The van der Waals surface area contributed by atoms with E-state index in [1.807, 2.05) is 0 Å². The van der Waals surface area contributed by atoms with Crippen molar-refractivity contribution in [3.05, 3.63) is 29.8 Å². The lowest BCUT2D eigenvalue weighted by atomic mass is 9.89. The highest BCUT2D eigenvalue weighted by molar-refractivity contribution is 5.98. The fourth-order valence-electron chi connectivity index (χ4n) is 3.67. The molecule has 0 spiro atoms. The van der Waals surface area contributed by atoms with Crippen LogP contribution in [0.15, 0.2) is 24.3 Å². The van der Waals surface area contributed by atoms with E-state index in [2.05, 4.69) is 5.32 Å². The summed E-state index contributed by atoms with van der Waals surface area (Å²) in [6.45, 7) is 1.38. The van der Waals surface area contributed by atoms with Crippen LogP contribution in [0, 0.1) is 5.92 Å². The number of hydrogen-bond donors (Lipinski definition) is 2. The van der Waals surface area contributed by atoms with E-state index >= 15 is 0 Å². The molecule has 0 atom stereocenters. The van der Waals surface area contributed by atoms with Crippen LogP contribution in [0.4, 0.5) is 0 Å². The summed E-state index contributed by atoms with van der Waals surface area (Å²) in [7, 11) is 0. The zero-order chi connectivity index (χ0) is 18.4. The van der Waals surface area contributed by atoms with Crippen molar-refractivity contribution in [1.82, 2.24) is 5.32 Å². The smallest absolute Gasteiger partial charge is 0.329 e. The molecule has 142 valence electrons. The lowest BCUT2D eigenvalue weighted by molar-refractivity contribution is -0.148. The quantitative estimate of drug-likeness (QED) is 0.814. The first-order chi connectivity index (χ1) is 12.6. The monoisotopic (exact) mass is 361 g/mol. The van der Waals surface area contributed by atoms with Crippen molar-refractivity contribution >= 4 is 11.9 Å². The third-order valence-corrected chi connectivity index (χ3v) is 5.44. The largest absolute Gasteiger partial charge is 0.493 e. The average molecular weight is 361 g/mol. The molecule has 2 aliphatic rings. The number of benzene rings is 1. The third kappa shape index (κ3) is 4.55. The molecule has 1 aromatic carbocycles. The maximum atomic E-state index is 12.5. The normalized spacial score (nSPS) is 20.3. The van der Waals surface area contributed by atoms with Gasteiger partial charge < -0.3 is 19.9 Å². The average Bonchev–Trinajstić information content (AvgIpc) is 2.68. The number of carboxylic acid groups (broad SMARTS) is 1. The van der Waals surface area contributed by atoms with Crippen LogP contribution in [-0.4, -0.2) is 42.3 Å². The first kappa shape index (κ1) is 18.7. The first-order valence-corrected chi connectivity index (χ1v) is 9.46. The highest BCUT2D eigenvalue weighted by atomic mass is 16.5. The van der Waals surface area contributed by atoms with Crippen molar-refractivity contribution in [3.8, 4) is 5.75 Å². The van der Waals surface area contributed by atoms with Crippen LogP contribution in [0.2, 0.25) is 0 Å². The van der Waals surface area contributed by atoms with Crippen LogP contribution in [-0.2, 0) is 9.53 Å². The number of carbonyl (C=O) groups is 2. The molecule has 2 N–H and O–H groups in total. The second-order valence-corrected chi connectivity index (χ2v) is 7.29. The molecule has 26 heavy (non-hydrogen) atoms. The molecule has 1 heterocycles. The fraction of sp³-hybridized carbons (Fsp3) is 0.600. The van der Waals surface area contributed by atoms with Gasteiger partial charge in [-0.25, -0.2) is 4.79 Å². The lowest BCUT2D eigenvalue weighted by Crippen LogP contribution is -2.57. The minimum Gasteiger partial charge on any atom is -0.493 e. The van der Waals surface area contributed by atoms with Gasteiger partial charge in [-0.1, -0.05) is 19.3 Å². The summed E-state index contributed by atoms with van der Waals surface area (Å²) < 4.78 is 11.1. The molecule has 1 amide bonds. The summed E-state index contributed by atoms with van der Waals surface area (Å²) in [5.74, 6) is -0.0310. The standard InChI is InChI=1S/C20H27NO5/c22-18(21-20(19(23)24)10-12-25-13-11-20)16-6-8-17(9-7-16)26-14-15-4-2-1-3-5-15/h6-9,15H,1-5,10-14H2,(H,21,22)(H,23,24). The Morgan fingerprint density at radius 1 is 1.12 bits per heavy atom. The molecule has 2 fully saturated rings. The molecule has 1 aliphatic carbocycles. The summed E-state index contributed by atoms with van der Waals surface area (Å²) >= 11 is 0. The number of carbonyl (C=O) groups excluding carboxylic acids is 1. The number of nitrogens with one attached hydrogen (secondary N) is 1. The molecule has 0 unspecified atom stereocenters. The minimum atomic E-state index is -1.24. The van der Waals surface area contributed by atoms with Gasteiger partial charge >= 0.3 is 5.97 Å². The van der Waals surface area contributed by atoms with Gasteiger partial charge in [0, 0.05) is 31.6 Å². The van der Waals surface area contributed by atoms with Crippen LogP contribution >= 0.6 is 0 Å². The summed E-state index contributed by atoms with van der Waals surface area (Å²) in [6, 6.07) is 6.91. The zero-order valence-electron chi connectivity index (χ0n) is 15.0. The van der Waals surface area contributed by atoms with Crippen LogP contribution in [0.25, 0.3) is 0 Å². The number of hydrogen-bond acceptors (Lipinski definition) is 4. The van der Waals surface area contributed by atoms with Crippen LogP contribution in [0.5, 0.6) is 5.75 Å². The van der Waals surface area contributed by atoms with Gasteiger partial charge in [0.25, 0.3) is 5.91 Å². The van der Waals surface area contributed by atoms with Crippen molar-refractivity contribution in [1.29, 1.82) is 0 Å². The number of rotatable bonds is 6. The molecular formula is C20H27NO5. The summed E-state index contributed by atoms with van der Waals surface area (Å²) in [5, 5.41) is 12.2. The second-order valence-electron chi connectivity index (χ2n) is 7.29. The summed E-state index contributed by atoms with van der Waals surface area (Å²) in [5.41, 5.74) is -0.812. The Morgan fingerprint density at radius 3 is 2.38 bits per heavy atom. The Labute approximate surface area is 153 Å². The Morgan fingerprint density at radius 2 is 1.77 bits per heavy atom. The van der Waals surface area contributed by atoms with E-state index in [0.717, 1.165) is 5.75 Å². The zero-order valence-corrected chi connectivity index (χ0v) is 15.0. The van der Waals surface area contributed by atoms with Crippen molar-refractivity contribution in [2.45, 2.75) is 50.5 Å².